The van der Waals surface area contributed by atoms with Gasteiger partial charge in [-0.3, -0.25) is 9.69 Å². The van der Waals surface area contributed by atoms with Gasteiger partial charge in [0.2, 0.25) is 0 Å². The first-order valence-corrected chi connectivity index (χ1v) is 11.5. The van der Waals surface area contributed by atoms with Crippen LogP contribution in [0, 0.1) is 13.8 Å². The highest BCUT2D eigenvalue weighted by atomic mass is 32.1. The largest absolute Gasteiger partial charge is 0.335 e. The lowest BCUT2D eigenvalue weighted by atomic mass is 10.1. The van der Waals surface area contributed by atoms with Gasteiger partial charge in [0.15, 0.2) is 0 Å². The minimum absolute atomic E-state index is 0.134. The Morgan fingerprint density at radius 1 is 0.968 bits per heavy atom. The number of thiophene rings is 1. The van der Waals surface area contributed by atoms with Gasteiger partial charge in [-0.15, -0.1) is 11.3 Å². The molecule has 31 heavy (non-hydrogen) atoms. The Labute approximate surface area is 186 Å². The van der Waals surface area contributed by atoms with E-state index in [1.807, 2.05) is 52.9 Å². The second-order valence-corrected chi connectivity index (χ2v) is 9.25. The van der Waals surface area contributed by atoms with Gasteiger partial charge in [-0.2, -0.15) is 5.10 Å². The number of aryl methyl sites for hydroxylation is 2. The highest BCUT2D eigenvalue weighted by molar-refractivity contribution is 7.20. The zero-order chi connectivity index (χ0) is 21.4. The molecule has 0 unspecified atom stereocenters. The van der Waals surface area contributed by atoms with E-state index in [4.69, 9.17) is 0 Å². The van der Waals surface area contributed by atoms with Crippen LogP contribution in [0.3, 0.4) is 0 Å². The Morgan fingerprint density at radius 3 is 2.39 bits per heavy atom. The third kappa shape index (κ3) is 4.01. The zero-order valence-corrected chi connectivity index (χ0v) is 18.7. The molecule has 2 aromatic carbocycles. The van der Waals surface area contributed by atoms with Crippen LogP contribution in [-0.4, -0.2) is 51.7 Å². The van der Waals surface area contributed by atoms with Crippen LogP contribution in [-0.2, 0) is 6.54 Å². The Hall–Kier alpha value is -2.96. The minimum Gasteiger partial charge on any atom is -0.335 e. The quantitative estimate of drug-likeness (QED) is 0.473. The molecule has 5 nitrogen and oxygen atoms in total. The van der Waals surface area contributed by atoms with Gasteiger partial charge in [0, 0.05) is 38.1 Å². The molecule has 2 aromatic heterocycles. The molecule has 1 saturated heterocycles. The van der Waals surface area contributed by atoms with Crippen LogP contribution in [0.25, 0.3) is 15.9 Å². The summed E-state index contributed by atoms with van der Waals surface area (Å²) in [5.74, 6) is 0.134. The molecule has 0 aliphatic carbocycles. The lowest BCUT2D eigenvalue weighted by Crippen LogP contribution is -2.48. The second-order valence-electron chi connectivity index (χ2n) is 8.22. The van der Waals surface area contributed by atoms with Gasteiger partial charge < -0.3 is 4.90 Å². The molecule has 4 aromatic rings. The number of amides is 1. The molecule has 0 bridgehead atoms. The van der Waals surface area contributed by atoms with Crippen LogP contribution in [0.15, 0.2) is 60.7 Å². The normalized spacial score (nSPS) is 15.0. The first-order valence-electron chi connectivity index (χ1n) is 10.7. The maximum Gasteiger partial charge on any atom is 0.264 e. The molecule has 1 aliphatic heterocycles. The molecule has 1 fully saturated rings. The van der Waals surface area contributed by atoms with E-state index < -0.39 is 0 Å². The van der Waals surface area contributed by atoms with Crippen LogP contribution in [0.4, 0.5) is 0 Å². The fourth-order valence-electron chi connectivity index (χ4n) is 4.11. The number of nitrogens with zero attached hydrogens (tertiary/aromatic N) is 4. The predicted molar refractivity (Wildman–Crippen MR) is 126 cm³/mol. The monoisotopic (exact) mass is 430 g/mol. The summed E-state index contributed by atoms with van der Waals surface area (Å²) < 4.78 is 1.95. The van der Waals surface area contributed by atoms with Gasteiger partial charge in [-0.25, -0.2) is 4.68 Å². The number of carbonyl (C=O) groups is 1. The number of para-hydroxylation sites is 1. The van der Waals surface area contributed by atoms with Crippen LogP contribution in [0.1, 0.15) is 26.5 Å². The Bertz CT molecular complexity index is 1200. The van der Waals surface area contributed by atoms with E-state index in [0.29, 0.717) is 0 Å². The third-order valence-corrected chi connectivity index (χ3v) is 7.04. The van der Waals surface area contributed by atoms with Crippen molar-refractivity contribution in [2.24, 2.45) is 0 Å². The molecule has 0 saturated carbocycles. The Morgan fingerprint density at radius 2 is 1.68 bits per heavy atom. The summed E-state index contributed by atoms with van der Waals surface area (Å²) in [6.45, 7) is 8.40. The lowest BCUT2D eigenvalue weighted by Gasteiger charge is -2.34. The molecule has 5 rings (SSSR count). The average molecular weight is 431 g/mol. The molecule has 3 heterocycles. The molecule has 158 valence electrons. The summed E-state index contributed by atoms with van der Waals surface area (Å²) in [5.41, 5.74) is 4.59. The molecule has 0 spiro atoms. The number of carbonyl (C=O) groups excluding carboxylic acids is 1. The number of benzene rings is 2. The second kappa shape index (κ2) is 8.29. The van der Waals surface area contributed by atoms with Gasteiger partial charge >= 0.3 is 0 Å². The van der Waals surface area contributed by atoms with Crippen molar-refractivity contribution < 1.29 is 4.79 Å². The topological polar surface area (TPSA) is 41.4 Å². The van der Waals surface area contributed by atoms with Gasteiger partial charge in [0.25, 0.3) is 5.91 Å². The van der Waals surface area contributed by atoms with Crippen molar-refractivity contribution in [2.75, 3.05) is 26.2 Å². The highest BCUT2D eigenvalue weighted by Crippen LogP contribution is 2.31. The van der Waals surface area contributed by atoms with Gasteiger partial charge in [-0.1, -0.05) is 48.0 Å². The SMILES string of the molecule is Cc1ccc(CN2CCN(C(=O)c3cc4c(C)nn(-c5ccccc5)c4s3)CC2)cc1. The van der Waals surface area contributed by atoms with Crippen molar-refractivity contribution >= 4 is 27.5 Å². The lowest BCUT2D eigenvalue weighted by molar-refractivity contribution is 0.0633. The number of hydrogen-bond donors (Lipinski definition) is 0. The first kappa shape index (κ1) is 20.0. The Balaban J connectivity index is 1.29. The van der Waals surface area contributed by atoms with Crippen molar-refractivity contribution in [1.29, 1.82) is 0 Å². The van der Waals surface area contributed by atoms with E-state index in [-0.39, 0.29) is 5.91 Å². The van der Waals surface area contributed by atoms with Crippen molar-refractivity contribution in [3.8, 4) is 5.69 Å². The summed E-state index contributed by atoms with van der Waals surface area (Å²) in [5, 5.41) is 5.75. The van der Waals surface area contributed by atoms with Crippen molar-refractivity contribution in [3.05, 3.63) is 82.4 Å². The first-order chi connectivity index (χ1) is 15.1. The summed E-state index contributed by atoms with van der Waals surface area (Å²) in [6, 6.07) is 20.8. The highest BCUT2D eigenvalue weighted by Gasteiger charge is 2.25. The molecule has 6 heteroatoms. The Kier molecular flexibility index (Phi) is 5.34. The molecular formula is C25H26N4OS. The number of piperazine rings is 1. The van der Waals surface area contributed by atoms with Crippen LogP contribution < -0.4 is 0 Å². The number of hydrogen-bond acceptors (Lipinski definition) is 4. The summed E-state index contributed by atoms with van der Waals surface area (Å²) in [4.78, 5) is 19.5. The van der Waals surface area contributed by atoms with E-state index in [1.165, 1.54) is 11.1 Å². The van der Waals surface area contributed by atoms with Crippen molar-refractivity contribution in [3.63, 3.8) is 0 Å². The minimum atomic E-state index is 0.134. The zero-order valence-electron chi connectivity index (χ0n) is 17.9. The molecular weight excluding hydrogens is 404 g/mol. The third-order valence-electron chi connectivity index (χ3n) is 5.94. The van der Waals surface area contributed by atoms with E-state index >= 15 is 0 Å². The summed E-state index contributed by atoms with van der Waals surface area (Å²) in [7, 11) is 0. The van der Waals surface area contributed by atoms with Gasteiger partial charge in [0.05, 0.1) is 16.3 Å². The number of rotatable bonds is 4. The van der Waals surface area contributed by atoms with Crippen LogP contribution in [0.5, 0.6) is 0 Å². The van der Waals surface area contributed by atoms with E-state index in [1.54, 1.807) is 11.3 Å². The fraction of sp³-hybridized carbons (Fsp3) is 0.280. The molecule has 1 aliphatic rings. The molecule has 1 amide bonds. The van der Waals surface area contributed by atoms with Crippen LogP contribution in [0.2, 0.25) is 0 Å². The molecule has 0 atom stereocenters. The van der Waals surface area contributed by atoms with Crippen molar-refractivity contribution in [2.45, 2.75) is 20.4 Å². The predicted octanol–water partition coefficient (Wildman–Crippen LogP) is 4.66. The number of fused-ring (bicyclic) bond motifs is 1. The smallest absolute Gasteiger partial charge is 0.264 e. The maximum absolute atomic E-state index is 13.2. The van der Waals surface area contributed by atoms with Gasteiger partial charge in [0.1, 0.15) is 4.83 Å². The number of aromatic nitrogens is 2. The summed E-state index contributed by atoms with van der Waals surface area (Å²) >= 11 is 1.54. The van der Waals surface area contributed by atoms with Crippen molar-refractivity contribution in [1.82, 2.24) is 19.6 Å². The summed E-state index contributed by atoms with van der Waals surface area (Å²) in [6.07, 6.45) is 0. The van der Waals surface area contributed by atoms with E-state index in [0.717, 1.165) is 59.2 Å². The molecule has 0 radical (unpaired) electrons. The van der Waals surface area contributed by atoms with E-state index in [2.05, 4.69) is 41.2 Å². The van der Waals surface area contributed by atoms with E-state index in [9.17, 15) is 4.79 Å². The maximum atomic E-state index is 13.2. The molecule has 0 N–H and O–H groups in total. The fourth-order valence-corrected chi connectivity index (χ4v) is 5.26. The van der Waals surface area contributed by atoms with Gasteiger partial charge in [-0.05, 0) is 37.6 Å². The standard InChI is InChI=1S/C25H26N4OS/c1-18-8-10-20(11-9-18)17-27-12-14-28(15-13-27)24(30)23-16-22-19(2)26-29(25(22)31-23)21-6-4-3-5-7-21/h3-11,16H,12-15,17H2,1-2H3. The van der Waals surface area contributed by atoms with Crippen LogP contribution >= 0.6 is 11.3 Å². The average Bonchev–Trinajstić information content (AvgIpc) is 3.37.